The summed E-state index contributed by atoms with van der Waals surface area (Å²) < 4.78 is 5.29. The topological polar surface area (TPSA) is 47.0 Å². The molecule has 0 aliphatic heterocycles. The number of aromatic nitrogens is 2. The summed E-state index contributed by atoms with van der Waals surface area (Å²) in [5, 5.41) is 4.68. The van der Waals surface area contributed by atoms with Crippen LogP contribution in [0.25, 0.3) is 10.2 Å². The molecule has 0 aliphatic carbocycles. The van der Waals surface area contributed by atoms with Crippen LogP contribution in [0.15, 0.2) is 6.07 Å². The van der Waals surface area contributed by atoms with Crippen molar-refractivity contribution in [3.63, 3.8) is 0 Å². The molecule has 110 valence electrons. The Balaban J connectivity index is 2.03. The first-order valence-corrected chi connectivity index (χ1v) is 8.21. The molecule has 1 N–H and O–H groups in total. The third-order valence-corrected chi connectivity index (χ3v) is 4.22. The normalized spacial score (nSPS) is 11.2. The standard InChI is InChI=1S/C14H20ClN3OS/c1-3-6-10-9-11-12(15)17-14(18-13(11)20-10)16-7-5-8-19-4-2/h9H,3-8H2,1-2H3,(H,16,17,18). The maximum absolute atomic E-state index is 6.23. The maximum Gasteiger partial charge on any atom is 0.225 e. The Bertz CT molecular complexity index is 559. The molecule has 0 unspecified atom stereocenters. The van der Waals surface area contributed by atoms with Crippen molar-refractivity contribution < 1.29 is 4.74 Å². The molecule has 0 amide bonds. The Hall–Kier alpha value is -0.910. The maximum atomic E-state index is 6.23. The van der Waals surface area contributed by atoms with Crippen molar-refractivity contribution in [3.8, 4) is 0 Å². The lowest BCUT2D eigenvalue weighted by Crippen LogP contribution is -2.08. The molecule has 2 aromatic heterocycles. The number of thiophene rings is 1. The van der Waals surface area contributed by atoms with Crippen molar-refractivity contribution in [1.82, 2.24) is 9.97 Å². The SMILES string of the molecule is CCCc1cc2c(Cl)nc(NCCCOCC)nc2s1. The molecule has 0 radical (unpaired) electrons. The van der Waals surface area contributed by atoms with Crippen molar-refractivity contribution in [3.05, 3.63) is 16.1 Å². The third kappa shape index (κ3) is 4.04. The number of anilines is 1. The van der Waals surface area contributed by atoms with Gasteiger partial charge in [0.05, 0.1) is 0 Å². The molecule has 2 heterocycles. The predicted molar refractivity (Wildman–Crippen MR) is 86.0 cm³/mol. The average Bonchev–Trinajstić information content (AvgIpc) is 2.82. The van der Waals surface area contributed by atoms with E-state index in [0.717, 1.165) is 49.2 Å². The lowest BCUT2D eigenvalue weighted by Gasteiger charge is -2.05. The summed E-state index contributed by atoms with van der Waals surface area (Å²) in [6.45, 7) is 6.45. The van der Waals surface area contributed by atoms with Crippen LogP contribution in [-0.4, -0.2) is 29.7 Å². The molecule has 0 aromatic carbocycles. The van der Waals surface area contributed by atoms with E-state index in [1.165, 1.54) is 4.88 Å². The van der Waals surface area contributed by atoms with Gasteiger partial charge >= 0.3 is 0 Å². The van der Waals surface area contributed by atoms with E-state index in [-0.39, 0.29) is 0 Å². The smallest absolute Gasteiger partial charge is 0.225 e. The van der Waals surface area contributed by atoms with E-state index < -0.39 is 0 Å². The minimum Gasteiger partial charge on any atom is -0.382 e. The van der Waals surface area contributed by atoms with Gasteiger partial charge in [-0.1, -0.05) is 24.9 Å². The number of nitrogens with zero attached hydrogens (tertiary/aromatic N) is 2. The molecule has 4 nitrogen and oxygen atoms in total. The zero-order valence-electron chi connectivity index (χ0n) is 11.9. The van der Waals surface area contributed by atoms with E-state index in [2.05, 4.69) is 28.3 Å². The van der Waals surface area contributed by atoms with E-state index >= 15 is 0 Å². The minimum atomic E-state index is 0.529. The van der Waals surface area contributed by atoms with Crippen molar-refractivity contribution >= 4 is 39.1 Å². The van der Waals surface area contributed by atoms with Crippen molar-refractivity contribution in [2.24, 2.45) is 0 Å². The first-order chi connectivity index (χ1) is 9.74. The molecule has 0 saturated heterocycles. The Labute approximate surface area is 128 Å². The molecule has 2 rings (SSSR count). The highest BCUT2D eigenvalue weighted by Gasteiger charge is 2.09. The predicted octanol–water partition coefficient (Wildman–Crippen LogP) is 4.14. The van der Waals surface area contributed by atoms with E-state index in [0.29, 0.717) is 11.1 Å². The zero-order valence-corrected chi connectivity index (χ0v) is 13.5. The van der Waals surface area contributed by atoms with Gasteiger partial charge in [0.2, 0.25) is 5.95 Å². The largest absolute Gasteiger partial charge is 0.382 e. The molecule has 0 fully saturated rings. The molecule has 6 heteroatoms. The minimum absolute atomic E-state index is 0.529. The lowest BCUT2D eigenvalue weighted by atomic mass is 10.3. The van der Waals surface area contributed by atoms with Gasteiger partial charge < -0.3 is 10.1 Å². The molecular weight excluding hydrogens is 294 g/mol. The molecule has 0 aliphatic rings. The van der Waals surface area contributed by atoms with Crippen LogP contribution in [0.1, 0.15) is 31.6 Å². The van der Waals surface area contributed by atoms with Crippen LogP contribution < -0.4 is 5.32 Å². The molecule has 0 bridgehead atoms. The first-order valence-electron chi connectivity index (χ1n) is 7.02. The summed E-state index contributed by atoms with van der Waals surface area (Å²) in [4.78, 5) is 11.1. The number of rotatable bonds is 8. The van der Waals surface area contributed by atoms with E-state index in [4.69, 9.17) is 16.3 Å². The second kappa shape index (κ2) is 7.76. The Morgan fingerprint density at radius 1 is 1.35 bits per heavy atom. The Morgan fingerprint density at radius 3 is 2.95 bits per heavy atom. The number of ether oxygens (including phenoxy) is 1. The molecule has 0 spiro atoms. The van der Waals surface area contributed by atoms with Gasteiger partial charge in [0.1, 0.15) is 9.98 Å². The second-order valence-corrected chi connectivity index (χ2v) is 5.97. The molecular formula is C14H20ClN3OS. The van der Waals surface area contributed by atoms with Crippen molar-refractivity contribution in [2.75, 3.05) is 25.1 Å². The number of hydrogen-bond acceptors (Lipinski definition) is 5. The van der Waals surface area contributed by atoms with Crippen LogP contribution in [0.4, 0.5) is 5.95 Å². The quantitative estimate of drug-likeness (QED) is 0.588. The van der Waals surface area contributed by atoms with E-state index in [9.17, 15) is 0 Å². The summed E-state index contributed by atoms with van der Waals surface area (Å²) in [7, 11) is 0. The fourth-order valence-corrected chi connectivity index (χ4v) is 3.31. The van der Waals surface area contributed by atoms with Crippen LogP contribution in [0.3, 0.4) is 0 Å². The van der Waals surface area contributed by atoms with Crippen molar-refractivity contribution in [2.45, 2.75) is 33.1 Å². The summed E-state index contributed by atoms with van der Waals surface area (Å²) >= 11 is 7.93. The summed E-state index contributed by atoms with van der Waals surface area (Å²) in [6.07, 6.45) is 3.12. The van der Waals surface area contributed by atoms with Gasteiger partial charge in [-0.25, -0.2) is 9.97 Å². The number of nitrogens with one attached hydrogen (secondary N) is 1. The van der Waals surface area contributed by atoms with Crippen LogP contribution in [0.5, 0.6) is 0 Å². The van der Waals surface area contributed by atoms with Gasteiger partial charge in [-0.2, -0.15) is 0 Å². The van der Waals surface area contributed by atoms with Crippen molar-refractivity contribution in [1.29, 1.82) is 0 Å². The van der Waals surface area contributed by atoms with Crippen LogP contribution in [0.2, 0.25) is 5.15 Å². The zero-order chi connectivity index (χ0) is 14.4. The van der Waals surface area contributed by atoms with Gasteiger partial charge in [0, 0.05) is 30.0 Å². The van der Waals surface area contributed by atoms with Gasteiger partial charge in [-0.3, -0.25) is 0 Å². The fourth-order valence-electron chi connectivity index (χ4n) is 1.90. The number of hydrogen-bond donors (Lipinski definition) is 1. The second-order valence-electron chi connectivity index (χ2n) is 4.50. The number of fused-ring (bicyclic) bond motifs is 1. The Kier molecular flexibility index (Phi) is 6.01. The molecule has 2 aromatic rings. The molecule has 20 heavy (non-hydrogen) atoms. The number of halogens is 1. The summed E-state index contributed by atoms with van der Waals surface area (Å²) in [6, 6.07) is 2.10. The monoisotopic (exact) mass is 313 g/mol. The van der Waals surface area contributed by atoms with E-state index in [1.807, 2.05) is 6.92 Å². The van der Waals surface area contributed by atoms with Gasteiger partial charge in [0.25, 0.3) is 0 Å². The third-order valence-electron chi connectivity index (χ3n) is 2.85. The van der Waals surface area contributed by atoms with Crippen LogP contribution >= 0.6 is 22.9 Å². The highest BCUT2D eigenvalue weighted by Crippen LogP contribution is 2.30. The van der Waals surface area contributed by atoms with Crippen LogP contribution in [0, 0.1) is 0 Å². The van der Waals surface area contributed by atoms with Gasteiger partial charge in [-0.15, -0.1) is 11.3 Å². The highest BCUT2D eigenvalue weighted by molar-refractivity contribution is 7.18. The molecule has 0 atom stereocenters. The Morgan fingerprint density at radius 2 is 2.20 bits per heavy atom. The summed E-state index contributed by atoms with van der Waals surface area (Å²) in [5.41, 5.74) is 0. The van der Waals surface area contributed by atoms with Gasteiger partial charge in [0.15, 0.2) is 0 Å². The molecule has 0 saturated carbocycles. The first kappa shape index (κ1) is 15.5. The van der Waals surface area contributed by atoms with Gasteiger partial charge in [-0.05, 0) is 25.8 Å². The average molecular weight is 314 g/mol. The lowest BCUT2D eigenvalue weighted by molar-refractivity contribution is 0.147. The van der Waals surface area contributed by atoms with Crippen LogP contribution in [-0.2, 0) is 11.2 Å². The highest BCUT2D eigenvalue weighted by atomic mass is 35.5. The summed E-state index contributed by atoms with van der Waals surface area (Å²) in [5.74, 6) is 0.601. The fraction of sp³-hybridized carbons (Fsp3) is 0.571. The van der Waals surface area contributed by atoms with E-state index in [1.54, 1.807) is 11.3 Å². The number of aryl methyl sites for hydroxylation is 1.